The maximum atomic E-state index is 13.1. The second-order valence-corrected chi connectivity index (χ2v) is 7.41. The lowest BCUT2D eigenvalue weighted by Crippen LogP contribution is -2.12. The van der Waals surface area contributed by atoms with Gasteiger partial charge < -0.3 is 5.32 Å². The van der Waals surface area contributed by atoms with Gasteiger partial charge in [0, 0.05) is 40.2 Å². The van der Waals surface area contributed by atoms with E-state index in [2.05, 4.69) is 20.6 Å². The minimum Gasteiger partial charge on any atom is -0.322 e. The first-order chi connectivity index (χ1) is 16.2. The number of hydrogen-bond acceptors (Lipinski definition) is 4. The van der Waals surface area contributed by atoms with Crippen molar-refractivity contribution in [3.05, 3.63) is 120 Å². The van der Waals surface area contributed by atoms with Gasteiger partial charge in [-0.3, -0.25) is 14.7 Å². The van der Waals surface area contributed by atoms with E-state index in [0.29, 0.717) is 27.9 Å². The van der Waals surface area contributed by atoms with Crippen molar-refractivity contribution in [1.82, 2.24) is 14.9 Å². The van der Waals surface area contributed by atoms with Crippen molar-refractivity contribution in [3.63, 3.8) is 0 Å². The van der Waals surface area contributed by atoms with Crippen molar-refractivity contribution in [1.29, 1.82) is 0 Å². The number of aromatic amines is 1. The lowest BCUT2D eigenvalue weighted by molar-refractivity contribution is 0.102. The van der Waals surface area contributed by atoms with Crippen molar-refractivity contribution >= 4 is 34.5 Å². The van der Waals surface area contributed by atoms with Crippen molar-refractivity contribution in [3.8, 4) is 0 Å². The fourth-order valence-electron chi connectivity index (χ4n) is 3.50. The molecule has 0 atom stereocenters. The first-order valence-corrected chi connectivity index (χ1v) is 10.3. The summed E-state index contributed by atoms with van der Waals surface area (Å²) < 4.78 is 1.69. The molecule has 0 aliphatic carbocycles. The Balaban J connectivity index is 1.36. The van der Waals surface area contributed by atoms with Gasteiger partial charge in [0.1, 0.15) is 0 Å². The van der Waals surface area contributed by atoms with E-state index < -0.39 is 0 Å². The first-order valence-electron chi connectivity index (χ1n) is 10.3. The van der Waals surface area contributed by atoms with Crippen LogP contribution in [0.25, 0.3) is 10.9 Å². The Morgan fingerprint density at radius 1 is 0.848 bits per heavy atom. The molecule has 5 aromatic rings. The molecule has 5 rings (SSSR count). The van der Waals surface area contributed by atoms with Crippen LogP contribution in [-0.2, 0) is 0 Å². The SMILES string of the molecule is O=C(Nc1cccc(C(=O)c2ccc3c(/C=N/n4cccc4)[nH]nc3c2)c1)c1ccccc1. The molecule has 0 saturated heterocycles. The lowest BCUT2D eigenvalue weighted by atomic mass is 10.0. The number of amides is 1. The Labute approximate surface area is 189 Å². The van der Waals surface area contributed by atoms with Gasteiger partial charge in [0.15, 0.2) is 5.78 Å². The molecule has 0 spiro atoms. The molecule has 0 radical (unpaired) electrons. The fraction of sp³-hybridized carbons (Fsp3) is 0. The van der Waals surface area contributed by atoms with Gasteiger partial charge in [0.05, 0.1) is 17.4 Å². The van der Waals surface area contributed by atoms with Crippen LogP contribution in [0.3, 0.4) is 0 Å². The average molecular weight is 433 g/mol. The third-order valence-electron chi connectivity index (χ3n) is 5.17. The highest BCUT2D eigenvalue weighted by molar-refractivity contribution is 6.12. The molecule has 7 heteroatoms. The summed E-state index contributed by atoms with van der Waals surface area (Å²) in [6.45, 7) is 0. The van der Waals surface area contributed by atoms with Gasteiger partial charge in [0.25, 0.3) is 5.91 Å². The van der Waals surface area contributed by atoms with Crippen molar-refractivity contribution in [2.45, 2.75) is 0 Å². The van der Waals surface area contributed by atoms with E-state index >= 15 is 0 Å². The Morgan fingerprint density at radius 2 is 1.61 bits per heavy atom. The molecule has 1 amide bonds. The van der Waals surface area contributed by atoms with Gasteiger partial charge in [-0.25, -0.2) is 4.68 Å². The third-order valence-corrected chi connectivity index (χ3v) is 5.17. The lowest BCUT2D eigenvalue weighted by Gasteiger charge is -2.07. The number of ketones is 1. The summed E-state index contributed by atoms with van der Waals surface area (Å²) in [6.07, 6.45) is 5.36. The summed E-state index contributed by atoms with van der Waals surface area (Å²) in [5, 5.41) is 15.3. The van der Waals surface area contributed by atoms with Crippen LogP contribution in [0.2, 0.25) is 0 Å². The van der Waals surface area contributed by atoms with E-state index in [0.717, 1.165) is 11.1 Å². The number of carbonyl (C=O) groups excluding carboxylic acids is 2. The van der Waals surface area contributed by atoms with Gasteiger partial charge in [-0.15, -0.1) is 0 Å². The zero-order valence-corrected chi connectivity index (χ0v) is 17.5. The van der Waals surface area contributed by atoms with Crippen molar-refractivity contribution in [2.75, 3.05) is 5.32 Å². The predicted octanol–water partition coefficient (Wildman–Crippen LogP) is 4.73. The highest BCUT2D eigenvalue weighted by atomic mass is 16.1. The van der Waals surface area contributed by atoms with Crippen LogP contribution in [0.15, 0.2) is 102 Å². The highest BCUT2D eigenvalue weighted by Crippen LogP contribution is 2.21. The van der Waals surface area contributed by atoms with Crippen molar-refractivity contribution in [2.24, 2.45) is 5.10 Å². The van der Waals surface area contributed by atoms with E-state index in [-0.39, 0.29) is 11.7 Å². The van der Waals surface area contributed by atoms with Gasteiger partial charge in [0.2, 0.25) is 0 Å². The summed E-state index contributed by atoms with van der Waals surface area (Å²) in [5.74, 6) is -0.384. The fourth-order valence-corrected chi connectivity index (χ4v) is 3.50. The van der Waals surface area contributed by atoms with E-state index in [4.69, 9.17) is 0 Å². The zero-order chi connectivity index (χ0) is 22.6. The molecule has 2 aromatic heterocycles. The number of hydrogen-bond donors (Lipinski definition) is 2. The molecule has 0 bridgehead atoms. The van der Waals surface area contributed by atoms with Gasteiger partial charge in [-0.05, 0) is 48.5 Å². The summed E-state index contributed by atoms with van der Waals surface area (Å²) in [7, 11) is 0. The molecular weight excluding hydrogens is 414 g/mol. The maximum absolute atomic E-state index is 13.1. The second-order valence-electron chi connectivity index (χ2n) is 7.41. The van der Waals surface area contributed by atoms with E-state index in [1.54, 1.807) is 71.6 Å². The number of anilines is 1. The number of aromatic nitrogens is 3. The second kappa shape index (κ2) is 8.76. The van der Waals surface area contributed by atoms with Crippen LogP contribution >= 0.6 is 0 Å². The molecule has 0 unspecified atom stereocenters. The van der Waals surface area contributed by atoms with E-state index in [1.807, 2.05) is 36.7 Å². The van der Waals surface area contributed by atoms with Crippen LogP contribution < -0.4 is 5.32 Å². The van der Waals surface area contributed by atoms with Crippen LogP contribution in [0.5, 0.6) is 0 Å². The molecule has 7 nitrogen and oxygen atoms in total. The van der Waals surface area contributed by atoms with E-state index in [9.17, 15) is 9.59 Å². The van der Waals surface area contributed by atoms with Crippen LogP contribution in [0.1, 0.15) is 32.0 Å². The molecular formula is C26H19N5O2. The number of carbonyl (C=O) groups is 2. The van der Waals surface area contributed by atoms with Crippen LogP contribution in [0.4, 0.5) is 5.69 Å². The Bertz CT molecular complexity index is 1470. The quantitative estimate of drug-likeness (QED) is 0.300. The largest absolute Gasteiger partial charge is 0.322 e. The first kappa shape index (κ1) is 20.1. The number of H-pyrrole nitrogens is 1. The van der Waals surface area contributed by atoms with Crippen LogP contribution in [0, 0.1) is 0 Å². The number of nitrogens with zero attached hydrogens (tertiary/aromatic N) is 3. The molecule has 160 valence electrons. The Hall–Kier alpha value is -4.78. The number of fused-ring (bicyclic) bond motifs is 1. The monoisotopic (exact) mass is 433 g/mol. The Kier molecular flexibility index (Phi) is 5.35. The van der Waals surface area contributed by atoms with Gasteiger partial charge in [-0.2, -0.15) is 10.2 Å². The normalized spacial score (nSPS) is 11.2. The summed E-state index contributed by atoms with van der Waals surface area (Å²) >= 11 is 0. The van der Waals surface area contributed by atoms with Gasteiger partial charge in [-0.1, -0.05) is 36.4 Å². The number of rotatable bonds is 6. The predicted molar refractivity (Wildman–Crippen MR) is 128 cm³/mol. The number of nitrogens with one attached hydrogen (secondary N) is 2. The number of benzene rings is 3. The molecule has 3 aromatic carbocycles. The van der Waals surface area contributed by atoms with Gasteiger partial charge >= 0.3 is 0 Å². The molecule has 0 fully saturated rings. The van der Waals surface area contributed by atoms with E-state index in [1.165, 1.54) is 0 Å². The molecule has 0 aliphatic heterocycles. The summed E-state index contributed by atoms with van der Waals surface area (Å²) in [5.41, 5.74) is 3.51. The average Bonchev–Trinajstić information content (AvgIpc) is 3.52. The third kappa shape index (κ3) is 4.33. The molecule has 33 heavy (non-hydrogen) atoms. The molecule has 2 N–H and O–H groups in total. The molecule has 0 aliphatic rings. The van der Waals surface area contributed by atoms with Crippen molar-refractivity contribution < 1.29 is 9.59 Å². The molecule has 0 saturated carbocycles. The molecule has 2 heterocycles. The Morgan fingerprint density at radius 3 is 2.42 bits per heavy atom. The topological polar surface area (TPSA) is 92.1 Å². The minimum atomic E-state index is -0.229. The van der Waals surface area contributed by atoms with Crippen LogP contribution in [-0.4, -0.2) is 32.8 Å². The highest BCUT2D eigenvalue weighted by Gasteiger charge is 2.13. The smallest absolute Gasteiger partial charge is 0.255 e. The summed E-state index contributed by atoms with van der Waals surface area (Å²) in [6, 6.07) is 25.0. The minimum absolute atomic E-state index is 0.154. The standard InChI is InChI=1S/C26H19N5O2/c32-25(19-9-6-10-21(15-19)28-26(33)18-7-2-1-3-8-18)20-11-12-22-23(16-20)29-30-24(22)17-27-31-13-4-5-14-31/h1-17H,(H,28,33)(H,29,30)/b27-17+. The maximum Gasteiger partial charge on any atom is 0.255 e. The zero-order valence-electron chi connectivity index (χ0n) is 17.5. The summed E-state index contributed by atoms with van der Waals surface area (Å²) in [4.78, 5) is 25.5.